The number of halogens is 3. The van der Waals surface area contributed by atoms with Gasteiger partial charge in [0.05, 0.1) is 13.2 Å². The summed E-state index contributed by atoms with van der Waals surface area (Å²) >= 11 is 0. The minimum absolute atomic E-state index is 0.0132. The van der Waals surface area contributed by atoms with E-state index in [4.69, 9.17) is 5.11 Å². The normalized spacial score (nSPS) is 18.1. The van der Waals surface area contributed by atoms with Crippen LogP contribution in [0.15, 0.2) is 16.1 Å². The monoisotopic (exact) mass is 207 g/mol. The van der Waals surface area contributed by atoms with Gasteiger partial charge < -0.3 is 5.11 Å². The number of aliphatic hydroxyl groups excluding tert-OH is 1. The molecule has 0 aliphatic carbocycles. The van der Waals surface area contributed by atoms with Crippen molar-refractivity contribution < 1.29 is 18.3 Å². The quantitative estimate of drug-likeness (QED) is 0.737. The first-order valence-corrected chi connectivity index (χ1v) is 4.32. The van der Waals surface area contributed by atoms with Gasteiger partial charge in [-0.25, -0.2) is 0 Å². The Morgan fingerprint density at radius 3 is 2.36 bits per heavy atom. The van der Waals surface area contributed by atoms with E-state index in [9.17, 15) is 13.2 Å². The third-order valence-corrected chi connectivity index (χ3v) is 2.20. The first kappa shape index (κ1) is 11.2. The second-order valence-corrected chi connectivity index (χ2v) is 3.48. The predicted molar refractivity (Wildman–Crippen MR) is 47.3 cm³/mol. The van der Waals surface area contributed by atoms with Crippen molar-refractivity contribution in [2.45, 2.75) is 20.0 Å². The van der Waals surface area contributed by atoms with Crippen molar-refractivity contribution in [1.82, 2.24) is 0 Å². The van der Waals surface area contributed by atoms with Gasteiger partial charge in [-0.2, -0.15) is 13.2 Å². The molecule has 80 valence electrons. The summed E-state index contributed by atoms with van der Waals surface area (Å²) in [6.07, 6.45) is -4.45. The van der Waals surface area contributed by atoms with Crippen LogP contribution in [0.1, 0.15) is 13.8 Å². The Bertz CT molecular complexity index is 289. The lowest BCUT2D eigenvalue weighted by molar-refractivity contribution is -0.0585. The van der Waals surface area contributed by atoms with Crippen LogP contribution in [-0.4, -0.2) is 30.1 Å². The lowest BCUT2D eigenvalue weighted by Gasteiger charge is -2.11. The molecule has 0 aromatic carbocycles. The van der Waals surface area contributed by atoms with Crippen LogP contribution in [-0.2, 0) is 0 Å². The molecule has 0 unspecified atom stereocenters. The molecule has 1 heterocycles. The maximum absolute atomic E-state index is 12.4. The summed E-state index contributed by atoms with van der Waals surface area (Å²) in [6.45, 7) is 3.05. The zero-order valence-electron chi connectivity index (χ0n) is 8.02. The van der Waals surface area contributed by atoms with Crippen molar-refractivity contribution >= 4 is 5.71 Å². The molecule has 0 aromatic heterocycles. The van der Waals surface area contributed by atoms with E-state index in [1.165, 1.54) is 0 Å². The lowest BCUT2D eigenvalue weighted by atomic mass is 9.97. The van der Waals surface area contributed by atoms with Gasteiger partial charge in [-0.1, -0.05) is 13.8 Å². The molecule has 0 radical (unpaired) electrons. The Morgan fingerprint density at radius 2 is 2.00 bits per heavy atom. The molecular weight excluding hydrogens is 195 g/mol. The second kappa shape index (κ2) is 3.73. The summed E-state index contributed by atoms with van der Waals surface area (Å²) in [5.74, 6) is -0.0132. The Morgan fingerprint density at radius 1 is 1.43 bits per heavy atom. The number of aliphatic imine (C=N–C) groups is 1. The van der Waals surface area contributed by atoms with Gasteiger partial charge in [0, 0.05) is 5.57 Å². The number of nitrogens with zero attached hydrogens (tertiary/aromatic N) is 1. The first-order chi connectivity index (χ1) is 6.38. The molecule has 14 heavy (non-hydrogen) atoms. The summed E-state index contributed by atoms with van der Waals surface area (Å²) in [5.41, 5.74) is -0.379. The molecule has 1 rings (SSSR count). The van der Waals surface area contributed by atoms with Crippen LogP contribution in [0, 0.1) is 5.92 Å². The molecule has 0 aromatic rings. The lowest BCUT2D eigenvalue weighted by Crippen LogP contribution is -2.25. The molecule has 0 amide bonds. The van der Waals surface area contributed by atoms with Crippen LogP contribution in [0.5, 0.6) is 0 Å². The first-order valence-electron chi connectivity index (χ1n) is 4.32. The van der Waals surface area contributed by atoms with Crippen LogP contribution < -0.4 is 0 Å². The third-order valence-electron chi connectivity index (χ3n) is 2.20. The standard InChI is InChI=1S/C9H12F3NO/c1-5(2)6-3-13-8(7(6)4-14)9(10,11)12/h5,14H,3-4H2,1-2H3. The predicted octanol–water partition coefficient (Wildman–Crippen LogP) is 1.95. The molecule has 0 saturated carbocycles. The Balaban J connectivity index is 3.04. The summed E-state index contributed by atoms with van der Waals surface area (Å²) in [6, 6.07) is 0. The largest absolute Gasteiger partial charge is 0.433 e. The van der Waals surface area contributed by atoms with Crippen LogP contribution in [0.2, 0.25) is 0 Å². The van der Waals surface area contributed by atoms with E-state index in [0.29, 0.717) is 5.57 Å². The summed E-state index contributed by atoms with van der Waals surface area (Å²) in [5, 5.41) is 8.88. The van der Waals surface area contributed by atoms with Gasteiger partial charge in [-0.3, -0.25) is 4.99 Å². The molecule has 1 aliphatic rings. The highest BCUT2D eigenvalue weighted by molar-refractivity contribution is 6.06. The molecule has 0 saturated heterocycles. The fraction of sp³-hybridized carbons (Fsp3) is 0.667. The van der Waals surface area contributed by atoms with Crippen molar-refractivity contribution in [1.29, 1.82) is 0 Å². The average molecular weight is 207 g/mol. The van der Waals surface area contributed by atoms with E-state index < -0.39 is 18.5 Å². The van der Waals surface area contributed by atoms with E-state index in [2.05, 4.69) is 4.99 Å². The van der Waals surface area contributed by atoms with E-state index in [1.54, 1.807) is 13.8 Å². The van der Waals surface area contributed by atoms with E-state index in [-0.39, 0.29) is 18.0 Å². The van der Waals surface area contributed by atoms with Crippen molar-refractivity contribution in [3.8, 4) is 0 Å². The molecular formula is C9H12F3NO. The van der Waals surface area contributed by atoms with E-state index >= 15 is 0 Å². The van der Waals surface area contributed by atoms with Crippen LogP contribution in [0.3, 0.4) is 0 Å². The molecule has 1 aliphatic heterocycles. The number of hydrogen-bond donors (Lipinski definition) is 1. The van der Waals surface area contributed by atoms with Gasteiger partial charge in [0.2, 0.25) is 0 Å². The summed E-state index contributed by atoms with van der Waals surface area (Å²) in [7, 11) is 0. The highest BCUT2D eigenvalue weighted by Crippen LogP contribution is 2.30. The Hall–Kier alpha value is -0.840. The number of aliphatic hydroxyl groups is 1. The zero-order valence-corrected chi connectivity index (χ0v) is 8.02. The van der Waals surface area contributed by atoms with Crippen molar-refractivity contribution in [2.75, 3.05) is 13.2 Å². The van der Waals surface area contributed by atoms with Gasteiger partial charge in [0.1, 0.15) is 5.71 Å². The fourth-order valence-corrected chi connectivity index (χ4v) is 1.48. The van der Waals surface area contributed by atoms with Gasteiger partial charge in [-0.15, -0.1) is 0 Å². The van der Waals surface area contributed by atoms with E-state index in [0.717, 1.165) is 0 Å². The maximum atomic E-state index is 12.4. The van der Waals surface area contributed by atoms with Gasteiger partial charge in [-0.05, 0) is 11.5 Å². The van der Waals surface area contributed by atoms with Crippen LogP contribution in [0.25, 0.3) is 0 Å². The SMILES string of the molecule is CC(C)C1=C(CO)C(C(F)(F)F)=NC1. The van der Waals surface area contributed by atoms with Crippen molar-refractivity contribution in [3.05, 3.63) is 11.1 Å². The van der Waals surface area contributed by atoms with Gasteiger partial charge >= 0.3 is 6.18 Å². The van der Waals surface area contributed by atoms with Gasteiger partial charge in [0.15, 0.2) is 0 Å². The molecule has 0 atom stereocenters. The van der Waals surface area contributed by atoms with Crippen molar-refractivity contribution in [3.63, 3.8) is 0 Å². The highest BCUT2D eigenvalue weighted by Gasteiger charge is 2.41. The highest BCUT2D eigenvalue weighted by atomic mass is 19.4. The Kier molecular flexibility index (Phi) is 2.99. The molecule has 0 spiro atoms. The summed E-state index contributed by atoms with van der Waals surface area (Å²) in [4.78, 5) is 3.42. The van der Waals surface area contributed by atoms with Gasteiger partial charge in [0.25, 0.3) is 0 Å². The molecule has 5 heteroatoms. The minimum Gasteiger partial charge on any atom is -0.392 e. The topological polar surface area (TPSA) is 32.6 Å². The fourth-order valence-electron chi connectivity index (χ4n) is 1.48. The number of rotatable bonds is 2. The number of hydrogen-bond acceptors (Lipinski definition) is 2. The van der Waals surface area contributed by atoms with Crippen LogP contribution >= 0.6 is 0 Å². The van der Waals surface area contributed by atoms with Crippen molar-refractivity contribution in [2.24, 2.45) is 10.9 Å². The maximum Gasteiger partial charge on any atom is 0.433 e. The smallest absolute Gasteiger partial charge is 0.392 e. The molecule has 0 fully saturated rings. The second-order valence-electron chi connectivity index (χ2n) is 3.48. The third kappa shape index (κ3) is 1.97. The Labute approximate surface area is 80.1 Å². The summed E-state index contributed by atoms with van der Waals surface area (Å²) < 4.78 is 37.1. The molecule has 1 N–H and O–H groups in total. The number of alkyl halides is 3. The zero-order chi connectivity index (χ0) is 10.9. The van der Waals surface area contributed by atoms with Crippen LogP contribution in [0.4, 0.5) is 13.2 Å². The minimum atomic E-state index is -4.45. The molecule has 2 nitrogen and oxygen atoms in total. The average Bonchev–Trinajstić information content (AvgIpc) is 2.45. The molecule has 0 bridgehead atoms. The van der Waals surface area contributed by atoms with E-state index in [1.807, 2.05) is 0 Å².